The van der Waals surface area contributed by atoms with Crippen LogP contribution in [0.4, 0.5) is 0 Å². The Bertz CT molecular complexity index is 326. The number of hydrogen-bond acceptors (Lipinski definition) is 3. The summed E-state index contributed by atoms with van der Waals surface area (Å²) < 4.78 is 5.10. The van der Waals surface area contributed by atoms with Crippen molar-refractivity contribution < 1.29 is 4.74 Å². The molecule has 1 aromatic rings. The molecule has 1 unspecified atom stereocenters. The van der Waals surface area contributed by atoms with Gasteiger partial charge in [-0.1, -0.05) is 17.7 Å². The predicted octanol–water partition coefficient (Wildman–Crippen LogP) is 2.68. The minimum atomic E-state index is 0.387. The standard InChI is InChI=1S/C10H12ClNOS/c1-13-9-3-2-7(6-8(9)11)10-12-4-5-14-10/h2-3,6,10,12H,4-5H2,1H3. The van der Waals surface area contributed by atoms with Crippen LogP contribution in [0.3, 0.4) is 0 Å². The van der Waals surface area contributed by atoms with Crippen LogP contribution < -0.4 is 10.1 Å². The molecular formula is C10H12ClNOS. The van der Waals surface area contributed by atoms with Gasteiger partial charge in [0.25, 0.3) is 0 Å². The summed E-state index contributed by atoms with van der Waals surface area (Å²) in [6.07, 6.45) is 0. The van der Waals surface area contributed by atoms with Gasteiger partial charge in [0.2, 0.25) is 0 Å². The smallest absolute Gasteiger partial charge is 0.137 e. The van der Waals surface area contributed by atoms with Crippen LogP contribution in [0.15, 0.2) is 18.2 Å². The van der Waals surface area contributed by atoms with Gasteiger partial charge < -0.3 is 10.1 Å². The van der Waals surface area contributed by atoms with Crippen molar-refractivity contribution in [1.82, 2.24) is 5.32 Å². The first kappa shape index (κ1) is 10.1. The number of ether oxygens (including phenoxy) is 1. The van der Waals surface area contributed by atoms with E-state index in [1.165, 1.54) is 5.56 Å². The lowest BCUT2D eigenvalue weighted by Gasteiger charge is -2.11. The van der Waals surface area contributed by atoms with Crippen molar-refractivity contribution in [3.63, 3.8) is 0 Å². The Balaban J connectivity index is 2.23. The average molecular weight is 230 g/mol. The van der Waals surface area contributed by atoms with Crippen LogP contribution >= 0.6 is 23.4 Å². The number of nitrogens with one attached hydrogen (secondary N) is 1. The van der Waals surface area contributed by atoms with E-state index in [1.807, 2.05) is 23.9 Å². The Morgan fingerprint density at radius 2 is 2.43 bits per heavy atom. The Hall–Kier alpha value is -0.380. The van der Waals surface area contributed by atoms with Crippen LogP contribution in [0.1, 0.15) is 10.9 Å². The van der Waals surface area contributed by atoms with Crippen LogP contribution in [0, 0.1) is 0 Å². The van der Waals surface area contributed by atoms with Crippen LogP contribution in [-0.2, 0) is 0 Å². The number of thioether (sulfide) groups is 1. The molecular weight excluding hydrogens is 218 g/mol. The first-order chi connectivity index (χ1) is 6.81. The quantitative estimate of drug-likeness (QED) is 0.843. The average Bonchev–Trinajstić information content (AvgIpc) is 2.70. The number of hydrogen-bond donors (Lipinski definition) is 1. The molecule has 1 heterocycles. The first-order valence-corrected chi connectivity index (χ1v) is 5.92. The molecule has 0 spiro atoms. The fourth-order valence-electron chi connectivity index (χ4n) is 1.49. The highest BCUT2D eigenvalue weighted by atomic mass is 35.5. The Labute approximate surface area is 93.0 Å². The van der Waals surface area contributed by atoms with E-state index < -0.39 is 0 Å². The van der Waals surface area contributed by atoms with Crippen molar-refractivity contribution >= 4 is 23.4 Å². The minimum Gasteiger partial charge on any atom is -0.495 e. The molecule has 1 N–H and O–H groups in total. The first-order valence-electron chi connectivity index (χ1n) is 4.49. The highest BCUT2D eigenvalue weighted by molar-refractivity contribution is 7.99. The lowest BCUT2D eigenvalue weighted by atomic mass is 10.2. The number of rotatable bonds is 2. The highest BCUT2D eigenvalue weighted by Crippen LogP contribution is 2.34. The molecule has 0 aliphatic carbocycles. The molecule has 0 radical (unpaired) electrons. The molecule has 0 bridgehead atoms. The molecule has 1 fully saturated rings. The van der Waals surface area contributed by atoms with Gasteiger partial charge in [0, 0.05) is 12.3 Å². The molecule has 0 aromatic heterocycles. The monoisotopic (exact) mass is 229 g/mol. The summed E-state index contributed by atoms with van der Waals surface area (Å²) in [4.78, 5) is 0. The van der Waals surface area contributed by atoms with Crippen molar-refractivity contribution in [2.24, 2.45) is 0 Å². The van der Waals surface area contributed by atoms with Gasteiger partial charge in [-0.05, 0) is 17.7 Å². The molecule has 0 amide bonds. The fourth-order valence-corrected chi connectivity index (χ4v) is 2.80. The molecule has 1 atom stereocenters. The number of halogens is 1. The van der Waals surface area contributed by atoms with Crippen LogP contribution in [0.25, 0.3) is 0 Å². The van der Waals surface area contributed by atoms with E-state index in [1.54, 1.807) is 7.11 Å². The molecule has 2 nitrogen and oxygen atoms in total. The normalized spacial score (nSPS) is 21.1. The minimum absolute atomic E-state index is 0.387. The van der Waals surface area contributed by atoms with Crippen molar-refractivity contribution in [2.75, 3.05) is 19.4 Å². The molecule has 2 rings (SSSR count). The van der Waals surface area contributed by atoms with Crippen LogP contribution in [-0.4, -0.2) is 19.4 Å². The van der Waals surface area contributed by atoms with Crippen LogP contribution in [0.2, 0.25) is 5.02 Å². The van der Waals surface area contributed by atoms with Gasteiger partial charge in [0.1, 0.15) is 5.75 Å². The molecule has 1 aliphatic rings. The molecule has 1 saturated heterocycles. The molecule has 1 aliphatic heterocycles. The third kappa shape index (κ3) is 2.00. The third-order valence-corrected chi connectivity index (χ3v) is 3.70. The maximum absolute atomic E-state index is 6.05. The lowest BCUT2D eigenvalue weighted by Crippen LogP contribution is -2.11. The van der Waals surface area contributed by atoms with Crippen molar-refractivity contribution in [3.8, 4) is 5.75 Å². The van der Waals surface area contributed by atoms with Gasteiger partial charge in [-0.3, -0.25) is 0 Å². The van der Waals surface area contributed by atoms with E-state index in [0.29, 0.717) is 10.4 Å². The maximum atomic E-state index is 6.05. The van der Waals surface area contributed by atoms with Gasteiger partial charge in [0.15, 0.2) is 0 Å². The summed E-state index contributed by atoms with van der Waals surface area (Å²) in [6, 6.07) is 5.94. The second-order valence-electron chi connectivity index (χ2n) is 3.10. The number of benzene rings is 1. The molecule has 14 heavy (non-hydrogen) atoms. The van der Waals surface area contributed by atoms with E-state index in [0.717, 1.165) is 18.0 Å². The van der Waals surface area contributed by atoms with Gasteiger partial charge in [-0.15, -0.1) is 11.8 Å². The summed E-state index contributed by atoms with van der Waals surface area (Å²) in [5.74, 6) is 1.90. The predicted molar refractivity (Wildman–Crippen MR) is 61.2 cm³/mol. The van der Waals surface area contributed by atoms with Gasteiger partial charge in [-0.25, -0.2) is 0 Å². The van der Waals surface area contributed by atoms with Gasteiger partial charge in [0.05, 0.1) is 17.5 Å². The van der Waals surface area contributed by atoms with E-state index in [4.69, 9.17) is 16.3 Å². The fraction of sp³-hybridized carbons (Fsp3) is 0.400. The van der Waals surface area contributed by atoms with E-state index >= 15 is 0 Å². The second-order valence-corrected chi connectivity index (χ2v) is 4.72. The van der Waals surface area contributed by atoms with Crippen molar-refractivity contribution in [3.05, 3.63) is 28.8 Å². The third-order valence-electron chi connectivity index (χ3n) is 2.19. The van der Waals surface area contributed by atoms with E-state index in [2.05, 4.69) is 11.4 Å². The lowest BCUT2D eigenvalue weighted by molar-refractivity contribution is 0.415. The molecule has 1 aromatic carbocycles. The number of methoxy groups -OCH3 is 1. The zero-order valence-electron chi connectivity index (χ0n) is 7.92. The summed E-state index contributed by atoms with van der Waals surface area (Å²) in [5, 5.41) is 4.47. The van der Waals surface area contributed by atoms with Crippen molar-refractivity contribution in [2.45, 2.75) is 5.37 Å². The zero-order chi connectivity index (χ0) is 9.97. The topological polar surface area (TPSA) is 21.3 Å². The largest absolute Gasteiger partial charge is 0.495 e. The molecule has 0 saturated carbocycles. The Morgan fingerprint density at radius 3 is 3.00 bits per heavy atom. The summed E-state index contributed by atoms with van der Waals surface area (Å²) >= 11 is 7.95. The van der Waals surface area contributed by atoms with Crippen molar-refractivity contribution in [1.29, 1.82) is 0 Å². The summed E-state index contributed by atoms with van der Waals surface area (Å²) in [7, 11) is 1.63. The Kier molecular flexibility index (Phi) is 3.21. The molecule has 4 heteroatoms. The van der Waals surface area contributed by atoms with Crippen LogP contribution in [0.5, 0.6) is 5.75 Å². The Morgan fingerprint density at radius 1 is 1.57 bits per heavy atom. The van der Waals surface area contributed by atoms with E-state index in [9.17, 15) is 0 Å². The maximum Gasteiger partial charge on any atom is 0.137 e. The second kappa shape index (κ2) is 4.43. The summed E-state index contributed by atoms with van der Waals surface area (Å²) in [5.41, 5.74) is 1.22. The zero-order valence-corrected chi connectivity index (χ0v) is 9.49. The highest BCUT2D eigenvalue weighted by Gasteiger charge is 2.17. The SMILES string of the molecule is COc1ccc(C2NCCS2)cc1Cl. The molecule has 76 valence electrons. The summed E-state index contributed by atoms with van der Waals surface area (Å²) in [6.45, 7) is 1.07. The van der Waals surface area contributed by atoms with Gasteiger partial charge in [-0.2, -0.15) is 0 Å². The van der Waals surface area contributed by atoms with Gasteiger partial charge >= 0.3 is 0 Å². The van der Waals surface area contributed by atoms with E-state index in [-0.39, 0.29) is 0 Å².